The summed E-state index contributed by atoms with van der Waals surface area (Å²) >= 11 is 0. The minimum atomic E-state index is -1.04. The van der Waals surface area contributed by atoms with Gasteiger partial charge in [-0.25, -0.2) is 4.79 Å². The van der Waals surface area contributed by atoms with Crippen LogP contribution >= 0.6 is 0 Å². The van der Waals surface area contributed by atoms with Gasteiger partial charge in [-0.2, -0.15) is 5.10 Å². The SMILES string of the molecule is CN(C)c1cnnc(OCC(=O)O)c1. The van der Waals surface area contributed by atoms with Crippen molar-refractivity contribution in [2.24, 2.45) is 0 Å². The van der Waals surface area contributed by atoms with E-state index in [-0.39, 0.29) is 5.88 Å². The number of carboxylic acids is 1. The number of nitrogens with zero attached hydrogens (tertiary/aromatic N) is 3. The molecule has 76 valence electrons. The molecular formula is C8H11N3O3. The van der Waals surface area contributed by atoms with Crippen molar-refractivity contribution >= 4 is 11.7 Å². The molecule has 0 unspecified atom stereocenters. The lowest BCUT2D eigenvalue weighted by molar-refractivity contribution is -0.139. The van der Waals surface area contributed by atoms with Crippen molar-refractivity contribution < 1.29 is 14.6 Å². The summed E-state index contributed by atoms with van der Waals surface area (Å²) in [6.07, 6.45) is 1.56. The number of anilines is 1. The molecule has 0 spiro atoms. The number of aliphatic carboxylic acids is 1. The van der Waals surface area contributed by atoms with Gasteiger partial charge < -0.3 is 14.7 Å². The van der Waals surface area contributed by atoms with Gasteiger partial charge in [-0.05, 0) is 0 Å². The standard InChI is InChI=1S/C8H11N3O3/c1-11(2)6-3-7(10-9-4-6)14-5-8(12)13/h3-4H,5H2,1-2H3,(H,12,13). The summed E-state index contributed by atoms with van der Waals surface area (Å²) in [6, 6.07) is 1.62. The fourth-order valence-electron chi connectivity index (χ4n) is 0.788. The van der Waals surface area contributed by atoms with Gasteiger partial charge >= 0.3 is 5.97 Å². The Morgan fingerprint density at radius 2 is 2.36 bits per heavy atom. The van der Waals surface area contributed by atoms with Crippen molar-refractivity contribution in [3.63, 3.8) is 0 Å². The number of aromatic nitrogens is 2. The topological polar surface area (TPSA) is 75.5 Å². The average Bonchev–Trinajstić information content (AvgIpc) is 2.15. The molecule has 0 bridgehead atoms. The molecule has 0 amide bonds. The molecule has 0 aliphatic carbocycles. The second-order valence-corrected chi connectivity index (χ2v) is 2.83. The van der Waals surface area contributed by atoms with E-state index in [4.69, 9.17) is 9.84 Å². The largest absolute Gasteiger partial charge is 0.479 e. The summed E-state index contributed by atoms with van der Waals surface area (Å²) in [7, 11) is 3.69. The van der Waals surface area contributed by atoms with Crippen LogP contribution in [0.3, 0.4) is 0 Å². The molecule has 1 aromatic rings. The van der Waals surface area contributed by atoms with Crippen molar-refractivity contribution in [2.75, 3.05) is 25.6 Å². The molecule has 6 nitrogen and oxygen atoms in total. The zero-order chi connectivity index (χ0) is 10.6. The molecule has 1 heterocycles. The average molecular weight is 197 g/mol. The molecule has 0 saturated carbocycles. The molecule has 1 aromatic heterocycles. The molecule has 0 radical (unpaired) electrons. The zero-order valence-electron chi connectivity index (χ0n) is 7.97. The number of hydrogen-bond acceptors (Lipinski definition) is 5. The molecule has 6 heteroatoms. The minimum absolute atomic E-state index is 0.207. The van der Waals surface area contributed by atoms with Gasteiger partial charge in [-0.15, -0.1) is 5.10 Å². The molecule has 0 fully saturated rings. The molecule has 0 atom stereocenters. The normalized spacial score (nSPS) is 9.57. The van der Waals surface area contributed by atoms with Crippen molar-refractivity contribution in [1.29, 1.82) is 0 Å². The van der Waals surface area contributed by atoms with Crippen LogP contribution in [0.4, 0.5) is 5.69 Å². The monoisotopic (exact) mass is 197 g/mol. The van der Waals surface area contributed by atoms with Crippen LogP contribution in [0, 0.1) is 0 Å². The maximum absolute atomic E-state index is 10.2. The van der Waals surface area contributed by atoms with Crippen LogP contribution in [0.1, 0.15) is 0 Å². The van der Waals surface area contributed by atoms with Crippen LogP contribution in [0.2, 0.25) is 0 Å². The minimum Gasteiger partial charge on any atom is -0.479 e. The quantitative estimate of drug-likeness (QED) is 0.732. The van der Waals surface area contributed by atoms with E-state index in [1.54, 1.807) is 12.3 Å². The van der Waals surface area contributed by atoms with Gasteiger partial charge in [0.15, 0.2) is 6.61 Å². The van der Waals surface area contributed by atoms with Gasteiger partial charge in [0, 0.05) is 20.2 Å². The fourth-order valence-corrected chi connectivity index (χ4v) is 0.788. The summed E-state index contributed by atoms with van der Waals surface area (Å²) in [5.74, 6) is -0.833. The second-order valence-electron chi connectivity index (χ2n) is 2.83. The van der Waals surface area contributed by atoms with Gasteiger partial charge in [0.2, 0.25) is 5.88 Å². The van der Waals surface area contributed by atoms with Crippen LogP contribution in [0.5, 0.6) is 5.88 Å². The van der Waals surface area contributed by atoms with Crippen molar-refractivity contribution in [2.45, 2.75) is 0 Å². The Hall–Kier alpha value is -1.85. The predicted octanol–water partition coefficient (Wildman–Crippen LogP) is 0.00600. The second kappa shape index (κ2) is 4.40. The Kier molecular flexibility index (Phi) is 3.22. The van der Waals surface area contributed by atoms with Crippen LogP contribution in [0.15, 0.2) is 12.3 Å². The summed E-state index contributed by atoms with van der Waals surface area (Å²) in [5, 5.41) is 15.7. The maximum atomic E-state index is 10.2. The predicted molar refractivity (Wildman–Crippen MR) is 49.5 cm³/mol. The molecule has 0 saturated heterocycles. The number of ether oxygens (including phenoxy) is 1. The van der Waals surface area contributed by atoms with E-state index in [1.165, 1.54) is 0 Å². The molecule has 0 aliphatic rings. The Morgan fingerprint density at radius 3 is 2.93 bits per heavy atom. The van der Waals surface area contributed by atoms with Crippen LogP contribution < -0.4 is 9.64 Å². The third-order valence-corrected chi connectivity index (χ3v) is 1.48. The lowest BCUT2D eigenvalue weighted by atomic mass is 10.4. The van der Waals surface area contributed by atoms with E-state index in [1.807, 2.05) is 19.0 Å². The number of carbonyl (C=O) groups is 1. The van der Waals surface area contributed by atoms with Gasteiger partial charge in [-0.1, -0.05) is 0 Å². The highest BCUT2D eigenvalue weighted by Gasteiger charge is 2.03. The van der Waals surface area contributed by atoms with Crippen LogP contribution in [0.25, 0.3) is 0 Å². The number of carboxylic acid groups (broad SMARTS) is 1. The van der Waals surface area contributed by atoms with Gasteiger partial charge in [-0.3, -0.25) is 0 Å². The van der Waals surface area contributed by atoms with Crippen molar-refractivity contribution in [3.8, 4) is 5.88 Å². The van der Waals surface area contributed by atoms with E-state index in [0.29, 0.717) is 0 Å². The first kappa shape index (κ1) is 10.2. The number of rotatable bonds is 4. The zero-order valence-corrected chi connectivity index (χ0v) is 7.97. The summed E-state index contributed by atoms with van der Waals surface area (Å²) in [5.41, 5.74) is 0.806. The van der Waals surface area contributed by atoms with Gasteiger partial charge in [0.05, 0.1) is 11.9 Å². The van der Waals surface area contributed by atoms with E-state index in [2.05, 4.69) is 10.2 Å². The van der Waals surface area contributed by atoms with Crippen molar-refractivity contribution in [1.82, 2.24) is 10.2 Å². The first-order valence-corrected chi connectivity index (χ1v) is 3.94. The molecular weight excluding hydrogens is 186 g/mol. The first-order chi connectivity index (χ1) is 6.59. The van der Waals surface area contributed by atoms with Gasteiger partial charge in [0.1, 0.15) is 0 Å². The molecule has 0 aromatic carbocycles. The lowest BCUT2D eigenvalue weighted by Gasteiger charge is -2.11. The third kappa shape index (κ3) is 2.89. The highest BCUT2D eigenvalue weighted by Crippen LogP contribution is 2.14. The highest BCUT2D eigenvalue weighted by molar-refractivity contribution is 5.68. The first-order valence-electron chi connectivity index (χ1n) is 3.94. The Labute approximate surface area is 81.1 Å². The molecule has 0 aliphatic heterocycles. The summed E-state index contributed by atoms with van der Waals surface area (Å²) in [4.78, 5) is 12.0. The third-order valence-electron chi connectivity index (χ3n) is 1.48. The van der Waals surface area contributed by atoms with Gasteiger partial charge in [0.25, 0.3) is 0 Å². The van der Waals surface area contributed by atoms with E-state index in [9.17, 15) is 4.79 Å². The Morgan fingerprint density at radius 1 is 1.64 bits per heavy atom. The number of hydrogen-bond donors (Lipinski definition) is 1. The molecule has 14 heavy (non-hydrogen) atoms. The van der Waals surface area contributed by atoms with Crippen LogP contribution in [-0.4, -0.2) is 42.0 Å². The summed E-state index contributed by atoms with van der Waals surface area (Å²) < 4.78 is 4.86. The van der Waals surface area contributed by atoms with E-state index in [0.717, 1.165) is 5.69 Å². The van der Waals surface area contributed by atoms with E-state index >= 15 is 0 Å². The molecule has 1 N–H and O–H groups in total. The summed E-state index contributed by atoms with van der Waals surface area (Å²) in [6.45, 7) is -0.411. The molecule has 1 rings (SSSR count). The highest BCUT2D eigenvalue weighted by atomic mass is 16.5. The lowest BCUT2D eigenvalue weighted by Crippen LogP contribution is -2.12. The van der Waals surface area contributed by atoms with Crippen LogP contribution in [-0.2, 0) is 4.79 Å². The van der Waals surface area contributed by atoms with E-state index < -0.39 is 12.6 Å². The maximum Gasteiger partial charge on any atom is 0.341 e. The Balaban J connectivity index is 2.68. The Bertz CT molecular complexity index is 327. The smallest absolute Gasteiger partial charge is 0.341 e. The fraction of sp³-hybridized carbons (Fsp3) is 0.375. The van der Waals surface area contributed by atoms with Crippen molar-refractivity contribution in [3.05, 3.63) is 12.3 Å².